The number of piperazine rings is 1. The average Bonchev–Trinajstić information content (AvgIpc) is 2.75. The maximum Gasteiger partial charge on any atom is 0.134 e. The van der Waals surface area contributed by atoms with Gasteiger partial charge in [-0.2, -0.15) is 0 Å². The summed E-state index contributed by atoms with van der Waals surface area (Å²) >= 11 is 6.05. The van der Waals surface area contributed by atoms with Gasteiger partial charge >= 0.3 is 0 Å². The number of aromatic nitrogens is 2. The van der Waals surface area contributed by atoms with Crippen molar-refractivity contribution in [3.8, 4) is 0 Å². The molecule has 4 rings (SSSR count). The van der Waals surface area contributed by atoms with Gasteiger partial charge in [0.25, 0.3) is 0 Å². The fourth-order valence-corrected chi connectivity index (χ4v) is 3.69. The number of halogens is 1. The first kappa shape index (κ1) is 18.6. The summed E-state index contributed by atoms with van der Waals surface area (Å²) in [6, 6.07) is 20.6. The first-order valence-corrected chi connectivity index (χ1v) is 10.0. The lowest BCUT2D eigenvalue weighted by molar-refractivity contribution is 0.647. The second-order valence-corrected chi connectivity index (χ2v) is 7.31. The van der Waals surface area contributed by atoms with E-state index >= 15 is 0 Å². The Morgan fingerprint density at radius 1 is 0.857 bits per heavy atom. The summed E-state index contributed by atoms with van der Waals surface area (Å²) in [5, 5.41) is 4.17. The second-order valence-electron chi connectivity index (χ2n) is 6.88. The van der Waals surface area contributed by atoms with Crippen molar-refractivity contribution in [3.05, 3.63) is 77.6 Å². The molecule has 28 heavy (non-hydrogen) atoms. The van der Waals surface area contributed by atoms with Crippen LogP contribution < -0.4 is 15.1 Å². The zero-order chi connectivity index (χ0) is 19.2. The van der Waals surface area contributed by atoms with E-state index in [1.807, 2.05) is 24.3 Å². The van der Waals surface area contributed by atoms with Crippen molar-refractivity contribution in [2.45, 2.75) is 6.42 Å². The van der Waals surface area contributed by atoms with Crippen LogP contribution in [0.25, 0.3) is 0 Å². The highest BCUT2D eigenvalue weighted by Crippen LogP contribution is 2.20. The number of nitrogens with zero attached hydrogens (tertiary/aromatic N) is 4. The fraction of sp³-hybridized carbons (Fsp3) is 0.273. The highest BCUT2D eigenvalue weighted by molar-refractivity contribution is 6.30. The third kappa shape index (κ3) is 4.73. The summed E-state index contributed by atoms with van der Waals surface area (Å²) in [5.41, 5.74) is 2.50. The van der Waals surface area contributed by atoms with Gasteiger partial charge in [0.05, 0.1) is 0 Å². The van der Waals surface area contributed by atoms with Crippen LogP contribution >= 0.6 is 11.6 Å². The zero-order valence-corrected chi connectivity index (χ0v) is 16.5. The molecule has 1 fully saturated rings. The average molecular weight is 394 g/mol. The van der Waals surface area contributed by atoms with Crippen molar-refractivity contribution < 1.29 is 0 Å². The number of hydrogen-bond acceptors (Lipinski definition) is 5. The number of hydrogen-bond donors (Lipinski definition) is 1. The molecular formula is C22H24ClN5. The Kier molecular flexibility index (Phi) is 5.92. The standard InChI is InChI=1S/C22H24ClN5/c23-19-6-4-5-18(15-19)9-10-24-21-16-22(26-17-25-21)28-13-11-27(12-14-28)20-7-2-1-3-8-20/h1-8,15-17H,9-14H2,(H,24,25,26). The van der Waals surface area contributed by atoms with Gasteiger partial charge in [0.15, 0.2) is 0 Å². The van der Waals surface area contributed by atoms with Crippen molar-refractivity contribution in [1.82, 2.24) is 9.97 Å². The maximum absolute atomic E-state index is 6.05. The monoisotopic (exact) mass is 393 g/mol. The molecule has 1 aliphatic heterocycles. The van der Waals surface area contributed by atoms with Crippen molar-refractivity contribution in [3.63, 3.8) is 0 Å². The van der Waals surface area contributed by atoms with Gasteiger partial charge < -0.3 is 15.1 Å². The van der Waals surface area contributed by atoms with E-state index in [-0.39, 0.29) is 0 Å². The summed E-state index contributed by atoms with van der Waals surface area (Å²) in [6.45, 7) is 4.69. The Labute approximate surface area is 171 Å². The smallest absolute Gasteiger partial charge is 0.134 e. The highest BCUT2D eigenvalue weighted by Gasteiger charge is 2.18. The molecule has 2 heterocycles. The third-order valence-electron chi connectivity index (χ3n) is 4.99. The van der Waals surface area contributed by atoms with Crippen LogP contribution in [-0.4, -0.2) is 42.7 Å². The van der Waals surface area contributed by atoms with Gasteiger partial charge in [0, 0.05) is 49.5 Å². The largest absolute Gasteiger partial charge is 0.370 e. The Balaban J connectivity index is 1.31. The van der Waals surface area contributed by atoms with Crippen LogP contribution in [-0.2, 0) is 6.42 Å². The molecule has 5 nitrogen and oxygen atoms in total. The van der Waals surface area contributed by atoms with Gasteiger partial charge in [-0.15, -0.1) is 0 Å². The number of anilines is 3. The number of benzene rings is 2. The van der Waals surface area contributed by atoms with Crippen LogP contribution in [0.4, 0.5) is 17.3 Å². The fourth-order valence-electron chi connectivity index (χ4n) is 3.48. The minimum Gasteiger partial charge on any atom is -0.370 e. The molecule has 0 radical (unpaired) electrons. The Morgan fingerprint density at radius 3 is 2.43 bits per heavy atom. The van der Waals surface area contributed by atoms with Crippen LogP contribution in [0, 0.1) is 0 Å². The molecule has 0 amide bonds. The molecule has 0 spiro atoms. The number of para-hydroxylation sites is 1. The highest BCUT2D eigenvalue weighted by atomic mass is 35.5. The summed E-state index contributed by atoms with van der Waals surface area (Å²) in [5.74, 6) is 1.84. The van der Waals surface area contributed by atoms with E-state index in [9.17, 15) is 0 Å². The lowest BCUT2D eigenvalue weighted by Gasteiger charge is -2.36. The molecule has 1 aromatic heterocycles. The van der Waals surface area contributed by atoms with Gasteiger partial charge in [-0.3, -0.25) is 0 Å². The molecule has 0 saturated carbocycles. The molecule has 1 saturated heterocycles. The van der Waals surface area contributed by atoms with Crippen LogP contribution in [0.2, 0.25) is 5.02 Å². The van der Waals surface area contributed by atoms with Crippen molar-refractivity contribution in [1.29, 1.82) is 0 Å². The third-order valence-corrected chi connectivity index (χ3v) is 5.22. The van der Waals surface area contributed by atoms with Crippen LogP contribution in [0.1, 0.15) is 5.56 Å². The minimum absolute atomic E-state index is 0.775. The first-order chi connectivity index (χ1) is 13.8. The lowest BCUT2D eigenvalue weighted by Crippen LogP contribution is -2.46. The normalized spacial score (nSPS) is 14.2. The molecule has 1 aliphatic rings. The van der Waals surface area contributed by atoms with Crippen molar-refractivity contribution in [2.24, 2.45) is 0 Å². The molecule has 1 N–H and O–H groups in total. The molecule has 3 aromatic rings. The Hall–Kier alpha value is -2.79. The molecule has 144 valence electrons. The predicted octanol–water partition coefficient (Wildman–Crippen LogP) is 4.11. The molecule has 0 aliphatic carbocycles. The van der Waals surface area contributed by atoms with Gasteiger partial charge in [0.2, 0.25) is 0 Å². The Morgan fingerprint density at radius 2 is 1.64 bits per heavy atom. The van der Waals surface area contributed by atoms with Crippen LogP contribution in [0.15, 0.2) is 67.0 Å². The second kappa shape index (κ2) is 8.93. The number of rotatable bonds is 6. The number of nitrogens with one attached hydrogen (secondary N) is 1. The molecule has 0 bridgehead atoms. The van der Waals surface area contributed by atoms with Gasteiger partial charge in [-0.1, -0.05) is 41.9 Å². The van der Waals surface area contributed by atoms with Gasteiger partial charge in [0.1, 0.15) is 18.0 Å². The summed E-state index contributed by atoms with van der Waals surface area (Å²) < 4.78 is 0. The van der Waals surface area contributed by atoms with E-state index in [4.69, 9.17) is 11.6 Å². The van der Waals surface area contributed by atoms with Crippen molar-refractivity contribution in [2.75, 3.05) is 47.8 Å². The minimum atomic E-state index is 0.775. The zero-order valence-electron chi connectivity index (χ0n) is 15.8. The summed E-state index contributed by atoms with van der Waals surface area (Å²) in [4.78, 5) is 13.6. The van der Waals surface area contributed by atoms with E-state index < -0.39 is 0 Å². The van der Waals surface area contributed by atoms with E-state index in [0.717, 1.165) is 55.8 Å². The molecular weight excluding hydrogens is 370 g/mol. The quantitative estimate of drug-likeness (QED) is 0.682. The van der Waals surface area contributed by atoms with Crippen molar-refractivity contribution >= 4 is 28.9 Å². The molecule has 0 atom stereocenters. The summed E-state index contributed by atoms with van der Waals surface area (Å²) in [7, 11) is 0. The molecule has 0 unspecified atom stereocenters. The van der Waals surface area contributed by atoms with Gasteiger partial charge in [-0.25, -0.2) is 9.97 Å². The van der Waals surface area contributed by atoms with E-state index in [1.165, 1.54) is 11.3 Å². The SMILES string of the molecule is Clc1cccc(CCNc2cc(N3CCN(c4ccccc4)CC3)ncn2)c1. The van der Waals surface area contributed by atoms with E-state index in [2.05, 4.69) is 61.5 Å². The topological polar surface area (TPSA) is 44.3 Å². The summed E-state index contributed by atoms with van der Waals surface area (Å²) in [6.07, 6.45) is 2.54. The van der Waals surface area contributed by atoms with Crippen LogP contribution in [0.5, 0.6) is 0 Å². The Bertz CT molecular complexity index is 894. The van der Waals surface area contributed by atoms with Crippen LogP contribution in [0.3, 0.4) is 0 Å². The van der Waals surface area contributed by atoms with E-state index in [1.54, 1.807) is 6.33 Å². The van der Waals surface area contributed by atoms with E-state index in [0.29, 0.717) is 0 Å². The predicted molar refractivity (Wildman–Crippen MR) is 117 cm³/mol. The molecule has 6 heteroatoms. The maximum atomic E-state index is 6.05. The lowest BCUT2D eigenvalue weighted by atomic mass is 10.1. The first-order valence-electron chi connectivity index (χ1n) is 9.63. The molecule has 2 aromatic carbocycles. The van der Waals surface area contributed by atoms with Gasteiger partial charge in [-0.05, 0) is 36.2 Å².